The Hall–Kier alpha value is 0.120. The molecule has 0 aromatic rings. The first-order valence-electron chi connectivity index (χ1n) is 54.2. The molecule has 2 unspecified atom stereocenters. The molecule has 7 heteroatoms. The standard InChI is InChI=1S/2C54H109NO2.Ca/c2*1-4-7-9-11-13-15-17-19-21-23-25-27-29-31-33-35-37-39-41-43-45-47-50-55(53(49-6-3)52-54(56)57)51-48-46-44-42-40-38-36-34-32-30-28-26-24-22-20-18-16-14-12-10-8-5-2;/h2*53H,4-52H2,1-3H3,(H,56,57);/q;;+2/p-2. The molecule has 0 saturated carbocycles. The van der Waals surface area contributed by atoms with Crippen molar-refractivity contribution in [2.24, 2.45) is 0 Å². The van der Waals surface area contributed by atoms with Crippen LogP contribution in [0.15, 0.2) is 0 Å². The van der Waals surface area contributed by atoms with Crippen LogP contribution in [0.2, 0.25) is 0 Å². The van der Waals surface area contributed by atoms with Gasteiger partial charge in [-0.15, -0.1) is 0 Å². The van der Waals surface area contributed by atoms with Gasteiger partial charge in [-0.1, -0.05) is 594 Å². The van der Waals surface area contributed by atoms with Gasteiger partial charge in [0, 0.05) is 36.9 Å². The zero-order valence-corrected chi connectivity index (χ0v) is 82.9. The molecule has 2 atom stereocenters. The van der Waals surface area contributed by atoms with E-state index in [1.807, 2.05) is 0 Å². The maximum atomic E-state index is 11.6. The molecular formula is C108H216CaN2O4. The Kier molecular flexibility index (Phi) is 112. The first-order chi connectivity index (χ1) is 56.3. The summed E-state index contributed by atoms with van der Waals surface area (Å²) in [4.78, 5) is 28.3. The summed E-state index contributed by atoms with van der Waals surface area (Å²) in [6.07, 6.45) is 129. The van der Waals surface area contributed by atoms with E-state index < -0.39 is 11.9 Å². The summed E-state index contributed by atoms with van der Waals surface area (Å²) in [5.74, 6) is -1.75. The molecule has 0 fully saturated rings. The fourth-order valence-corrected chi connectivity index (χ4v) is 18.5. The van der Waals surface area contributed by atoms with E-state index >= 15 is 0 Å². The fourth-order valence-electron chi connectivity index (χ4n) is 18.5. The second-order valence-electron chi connectivity index (χ2n) is 37.8. The SMILES string of the molecule is CCCCCCCCCCCCCCCCCCCCCCCCN(CCCCCCCCCCCCCCCCCCCCCCCC)C(CCC)CC(=O)[O-].CCCCCCCCCCCCCCCCCCCCCCCCN(CCCCCCCCCCCCCCCCCCCCCCCC)C(CCC)CC(=O)[O-].[Ca+2]. The van der Waals surface area contributed by atoms with Gasteiger partial charge in [-0.05, 0) is 64.7 Å². The van der Waals surface area contributed by atoms with E-state index in [0.29, 0.717) is 0 Å². The molecule has 115 heavy (non-hydrogen) atoms. The minimum Gasteiger partial charge on any atom is -0.550 e. The largest absolute Gasteiger partial charge is 2.00 e. The molecule has 0 radical (unpaired) electrons. The molecule has 0 aromatic carbocycles. The van der Waals surface area contributed by atoms with Gasteiger partial charge < -0.3 is 29.6 Å². The molecule has 0 aliphatic rings. The van der Waals surface area contributed by atoms with Crippen LogP contribution < -0.4 is 10.2 Å². The number of unbranched alkanes of at least 4 members (excludes halogenated alkanes) is 84. The molecule has 6 nitrogen and oxygen atoms in total. The number of carboxylic acids is 2. The number of hydrogen-bond acceptors (Lipinski definition) is 6. The van der Waals surface area contributed by atoms with Gasteiger partial charge >= 0.3 is 37.7 Å². The van der Waals surface area contributed by atoms with Crippen molar-refractivity contribution in [1.82, 2.24) is 9.80 Å². The number of aliphatic carboxylic acids is 2. The summed E-state index contributed by atoms with van der Waals surface area (Å²) >= 11 is 0. The Morgan fingerprint density at radius 2 is 0.261 bits per heavy atom. The third-order valence-electron chi connectivity index (χ3n) is 26.3. The van der Waals surface area contributed by atoms with Gasteiger partial charge in [0.05, 0.1) is 0 Å². The van der Waals surface area contributed by atoms with Crippen LogP contribution in [0.1, 0.15) is 645 Å². The Morgan fingerprint density at radius 3 is 0.348 bits per heavy atom. The summed E-state index contributed by atoms with van der Waals surface area (Å²) in [5, 5.41) is 23.2. The topological polar surface area (TPSA) is 86.7 Å². The first kappa shape index (κ1) is 119. The quantitative estimate of drug-likeness (QED) is 0.0445. The number of carbonyl (C=O) groups excluding carboxylic acids is 2. The average molecular weight is 1650 g/mol. The minimum absolute atomic E-state index is 0. The van der Waals surface area contributed by atoms with E-state index in [2.05, 4.69) is 51.3 Å². The maximum Gasteiger partial charge on any atom is 2.00 e. The normalized spacial score (nSPS) is 12.2. The third kappa shape index (κ3) is 103. The van der Waals surface area contributed by atoms with Gasteiger partial charge in [0.15, 0.2) is 0 Å². The Morgan fingerprint density at radius 1 is 0.165 bits per heavy atom. The van der Waals surface area contributed by atoms with E-state index in [4.69, 9.17) is 0 Å². The molecule has 0 N–H and O–H groups in total. The number of carboxylic acid groups (broad SMARTS) is 2. The monoisotopic (exact) mass is 1650 g/mol. The Balaban J connectivity index is -0.00000216. The van der Waals surface area contributed by atoms with Crippen molar-refractivity contribution in [3.8, 4) is 0 Å². The minimum atomic E-state index is -0.874. The van der Waals surface area contributed by atoms with Crippen LogP contribution in [0.25, 0.3) is 0 Å². The van der Waals surface area contributed by atoms with Crippen molar-refractivity contribution < 1.29 is 19.8 Å². The second-order valence-corrected chi connectivity index (χ2v) is 37.8. The molecule has 0 rings (SSSR count). The molecule has 0 heterocycles. The van der Waals surface area contributed by atoms with Crippen LogP contribution in [0.3, 0.4) is 0 Å². The predicted molar refractivity (Wildman–Crippen MR) is 515 cm³/mol. The van der Waals surface area contributed by atoms with Crippen molar-refractivity contribution in [2.75, 3.05) is 26.2 Å². The van der Waals surface area contributed by atoms with Crippen molar-refractivity contribution >= 4 is 49.7 Å². The van der Waals surface area contributed by atoms with Crippen LogP contribution >= 0.6 is 0 Å². The predicted octanol–water partition coefficient (Wildman–Crippen LogP) is 35.2. The van der Waals surface area contributed by atoms with Gasteiger partial charge in [-0.25, -0.2) is 0 Å². The number of rotatable bonds is 102. The van der Waals surface area contributed by atoms with Crippen molar-refractivity contribution in [3.05, 3.63) is 0 Å². The Labute approximate surface area is 756 Å². The fraction of sp³-hybridized carbons (Fsp3) is 0.981. The summed E-state index contributed by atoms with van der Waals surface area (Å²) in [7, 11) is 0. The average Bonchev–Trinajstić information content (AvgIpc) is 0.916. The molecule has 0 spiro atoms. The summed E-state index contributed by atoms with van der Waals surface area (Å²) in [5.41, 5.74) is 0. The molecular weight excluding hydrogens is 1430 g/mol. The number of hydrogen-bond donors (Lipinski definition) is 0. The van der Waals surface area contributed by atoms with E-state index in [9.17, 15) is 19.8 Å². The van der Waals surface area contributed by atoms with Crippen LogP contribution in [-0.4, -0.2) is 97.7 Å². The van der Waals surface area contributed by atoms with Gasteiger partial charge in [0.2, 0.25) is 0 Å². The van der Waals surface area contributed by atoms with Crippen LogP contribution in [0, 0.1) is 0 Å². The summed E-state index contributed by atoms with van der Waals surface area (Å²) in [6.45, 7) is 17.9. The van der Waals surface area contributed by atoms with Gasteiger partial charge in [-0.2, -0.15) is 0 Å². The summed E-state index contributed by atoms with van der Waals surface area (Å²) < 4.78 is 0. The second kappa shape index (κ2) is 108. The van der Waals surface area contributed by atoms with Crippen LogP contribution in [0.5, 0.6) is 0 Å². The van der Waals surface area contributed by atoms with E-state index in [1.165, 1.54) is 565 Å². The molecule has 0 amide bonds. The van der Waals surface area contributed by atoms with E-state index in [-0.39, 0.29) is 62.7 Å². The molecule has 0 aliphatic heterocycles. The molecule has 0 bridgehead atoms. The van der Waals surface area contributed by atoms with E-state index in [1.54, 1.807) is 0 Å². The van der Waals surface area contributed by atoms with Gasteiger partial charge in [-0.3, -0.25) is 0 Å². The first-order valence-corrected chi connectivity index (χ1v) is 54.2. The molecule has 0 aromatic heterocycles. The Bertz CT molecular complexity index is 1510. The van der Waals surface area contributed by atoms with E-state index in [0.717, 1.165) is 51.9 Å². The zero-order chi connectivity index (χ0) is 82.8. The van der Waals surface area contributed by atoms with Crippen molar-refractivity contribution in [1.29, 1.82) is 0 Å². The molecule has 684 valence electrons. The zero-order valence-electron chi connectivity index (χ0n) is 80.7. The summed E-state index contributed by atoms with van der Waals surface area (Å²) in [6, 6.07) is 0.314. The number of nitrogens with zero attached hydrogens (tertiary/aromatic N) is 2. The molecule has 0 saturated heterocycles. The van der Waals surface area contributed by atoms with Crippen LogP contribution in [0.4, 0.5) is 0 Å². The third-order valence-corrected chi connectivity index (χ3v) is 26.3. The number of carbonyl (C=O) groups is 2. The molecule has 0 aliphatic carbocycles. The van der Waals surface area contributed by atoms with Crippen LogP contribution in [-0.2, 0) is 9.59 Å². The smallest absolute Gasteiger partial charge is 0.550 e. The van der Waals surface area contributed by atoms with Gasteiger partial charge in [0.1, 0.15) is 0 Å². The maximum absolute atomic E-state index is 11.6. The van der Waals surface area contributed by atoms with Crippen molar-refractivity contribution in [3.63, 3.8) is 0 Å². The van der Waals surface area contributed by atoms with Crippen molar-refractivity contribution in [2.45, 2.75) is 657 Å². The van der Waals surface area contributed by atoms with Gasteiger partial charge in [0.25, 0.3) is 0 Å².